The number of aromatic nitrogens is 1. The van der Waals surface area contributed by atoms with Crippen molar-refractivity contribution in [2.75, 3.05) is 37.6 Å². The van der Waals surface area contributed by atoms with E-state index in [4.69, 9.17) is 17.3 Å². The summed E-state index contributed by atoms with van der Waals surface area (Å²) >= 11 is 6.42. The molecule has 0 bridgehead atoms. The van der Waals surface area contributed by atoms with Gasteiger partial charge in [-0.15, -0.1) is 0 Å². The molecule has 0 unspecified atom stereocenters. The van der Waals surface area contributed by atoms with E-state index in [1.54, 1.807) is 0 Å². The fourth-order valence-corrected chi connectivity index (χ4v) is 3.82. The first kappa shape index (κ1) is 15.1. The van der Waals surface area contributed by atoms with Crippen LogP contribution in [-0.2, 0) is 6.54 Å². The maximum absolute atomic E-state index is 6.42. The van der Waals surface area contributed by atoms with E-state index in [1.807, 2.05) is 12.3 Å². The second kappa shape index (κ2) is 6.95. The molecule has 0 radical (unpaired) electrons. The van der Waals surface area contributed by atoms with Gasteiger partial charge in [-0.1, -0.05) is 11.6 Å². The lowest BCUT2D eigenvalue weighted by atomic mass is 9.96. The van der Waals surface area contributed by atoms with E-state index in [0.29, 0.717) is 6.54 Å². The van der Waals surface area contributed by atoms with Crippen molar-refractivity contribution in [1.82, 2.24) is 9.88 Å². The van der Waals surface area contributed by atoms with Gasteiger partial charge in [0, 0.05) is 32.4 Å². The zero-order valence-electron chi connectivity index (χ0n) is 12.6. The maximum atomic E-state index is 6.42. The fraction of sp³-hybridized carbons (Fsp3) is 0.688. The van der Waals surface area contributed by atoms with Gasteiger partial charge in [0.15, 0.2) is 0 Å². The van der Waals surface area contributed by atoms with Crippen molar-refractivity contribution in [3.63, 3.8) is 0 Å². The molecule has 0 atom stereocenters. The average Bonchev–Trinajstić information content (AvgIpc) is 3.01. The van der Waals surface area contributed by atoms with E-state index in [9.17, 15) is 0 Å². The molecular formula is C16H25ClN4. The van der Waals surface area contributed by atoms with Crippen molar-refractivity contribution in [3.05, 3.63) is 22.8 Å². The Labute approximate surface area is 132 Å². The van der Waals surface area contributed by atoms with Gasteiger partial charge in [-0.05, 0) is 56.3 Å². The Morgan fingerprint density at radius 1 is 1.19 bits per heavy atom. The van der Waals surface area contributed by atoms with Gasteiger partial charge >= 0.3 is 0 Å². The fourth-order valence-electron chi connectivity index (χ4n) is 3.51. The quantitative estimate of drug-likeness (QED) is 0.928. The minimum Gasteiger partial charge on any atom is -0.355 e. The second-order valence-corrected chi connectivity index (χ2v) is 6.63. The number of likely N-dealkylation sites (tertiary alicyclic amines) is 1. The number of anilines is 1. The number of nitrogens with zero attached hydrogens (tertiary/aromatic N) is 3. The van der Waals surface area contributed by atoms with Crippen LogP contribution in [0.1, 0.15) is 31.2 Å². The summed E-state index contributed by atoms with van der Waals surface area (Å²) < 4.78 is 0. The smallest absolute Gasteiger partial charge is 0.147 e. The third-order valence-corrected chi connectivity index (χ3v) is 5.21. The molecule has 3 heterocycles. The molecule has 0 amide bonds. The molecule has 2 aliphatic heterocycles. The Morgan fingerprint density at radius 2 is 1.90 bits per heavy atom. The molecule has 1 aromatic heterocycles. The molecular weight excluding hydrogens is 284 g/mol. The summed E-state index contributed by atoms with van der Waals surface area (Å²) in [5.74, 6) is 1.75. The summed E-state index contributed by atoms with van der Waals surface area (Å²) in [6.07, 6.45) is 7.05. The summed E-state index contributed by atoms with van der Waals surface area (Å²) in [5, 5.41) is 0.734. The lowest BCUT2D eigenvalue weighted by Crippen LogP contribution is -2.38. The van der Waals surface area contributed by atoms with E-state index in [1.165, 1.54) is 45.3 Å². The van der Waals surface area contributed by atoms with Gasteiger partial charge in [-0.2, -0.15) is 0 Å². The first-order valence-corrected chi connectivity index (χ1v) is 8.46. The molecule has 21 heavy (non-hydrogen) atoms. The highest BCUT2D eigenvalue weighted by molar-refractivity contribution is 6.33. The Hall–Kier alpha value is -0.840. The van der Waals surface area contributed by atoms with Crippen molar-refractivity contribution in [2.24, 2.45) is 11.7 Å². The lowest BCUT2D eigenvalue weighted by Gasteiger charge is -2.35. The highest BCUT2D eigenvalue weighted by Gasteiger charge is 2.24. The average molecular weight is 309 g/mol. The number of hydrogen-bond donors (Lipinski definition) is 1. The molecule has 1 aromatic rings. The van der Waals surface area contributed by atoms with Crippen LogP contribution in [0.5, 0.6) is 0 Å². The Bertz CT molecular complexity index is 465. The second-order valence-electron chi connectivity index (χ2n) is 6.25. The van der Waals surface area contributed by atoms with Crippen molar-refractivity contribution in [3.8, 4) is 0 Å². The molecule has 0 aromatic carbocycles. The van der Waals surface area contributed by atoms with E-state index in [-0.39, 0.29) is 0 Å². The van der Waals surface area contributed by atoms with Crippen LogP contribution < -0.4 is 10.6 Å². The van der Waals surface area contributed by atoms with Crippen molar-refractivity contribution in [2.45, 2.75) is 32.2 Å². The van der Waals surface area contributed by atoms with Crippen LogP contribution in [0.15, 0.2) is 12.3 Å². The first-order chi connectivity index (χ1) is 10.3. The van der Waals surface area contributed by atoms with Crippen LogP contribution in [0.4, 0.5) is 5.82 Å². The zero-order valence-corrected chi connectivity index (χ0v) is 13.4. The van der Waals surface area contributed by atoms with Gasteiger partial charge in [-0.25, -0.2) is 4.98 Å². The Balaban J connectivity index is 1.58. The van der Waals surface area contributed by atoms with Crippen LogP contribution in [0.3, 0.4) is 0 Å². The van der Waals surface area contributed by atoms with Gasteiger partial charge in [0.05, 0.1) is 5.02 Å². The predicted molar refractivity (Wildman–Crippen MR) is 87.7 cm³/mol. The van der Waals surface area contributed by atoms with Crippen LogP contribution in [0.2, 0.25) is 5.02 Å². The molecule has 2 saturated heterocycles. The SMILES string of the molecule is NCc1ccnc(N2CCC(CN3CCCC3)CC2)c1Cl. The minimum absolute atomic E-state index is 0.472. The third-order valence-electron chi connectivity index (χ3n) is 4.80. The topological polar surface area (TPSA) is 45.4 Å². The molecule has 4 nitrogen and oxygen atoms in total. The molecule has 116 valence electrons. The summed E-state index contributed by atoms with van der Waals surface area (Å²) in [6.45, 7) is 6.45. The van der Waals surface area contributed by atoms with Crippen molar-refractivity contribution >= 4 is 17.4 Å². The molecule has 2 N–H and O–H groups in total. The van der Waals surface area contributed by atoms with Crippen molar-refractivity contribution in [1.29, 1.82) is 0 Å². The largest absolute Gasteiger partial charge is 0.355 e. The van der Waals surface area contributed by atoms with E-state index >= 15 is 0 Å². The summed E-state index contributed by atoms with van der Waals surface area (Å²) in [4.78, 5) is 9.41. The molecule has 2 fully saturated rings. The highest BCUT2D eigenvalue weighted by Crippen LogP contribution is 2.30. The summed E-state index contributed by atoms with van der Waals surface area (Å²) in [6, 6.07) is 1.91. The van der Waals surface area contributed by atoms with Gasteiger partial charge < -0.3 is 15.5 Å². The molecule has 0 spiro atoms. The number of hydrogen-bond acceptors (Lipinski definition) is 4. The monoisotopic (exact) mass is 308 g/mol. The van der Waals surface area contributed by atoms with E-state index < -0.39 is 0 Å². The highest BCUT2D eigenvalue weighted by atomic mass is 35.5. The van der Waals surface area contributed by atoms with Gasteiger partial charge in [0.1, 0.15) is 5.82 Å². The lowest BCUT2D eigenvalue weighted by molar-refractivity contribution is 0.249. The molecule has 0 aliphatic carbocycles. The molecule has 0 saturated carbocycles. The Kier molecular flexibility index (Phi) is 4.99. The number of nitrogens with two attached hydrogens (primary N) is 1. The minimum atomic E-state index is 0.472. The molecule has 5 heteroatoms. The normalized spacial score (nSPS) is 21.1. The number of piperidine rings is 1. The first-order valence-electron chi connectivity index (χ1n) is 8.08. The van der Waals surface area contributed by atoms with E-state index in [0.717, 1.165) is 35.4 Å². The zero-order chi connectivity index (χ0) is 14.7. The van der Waals surface area contributed by atoms with Crippen LogP contribution >= 0.6 is 11.6 Å². The van der Waals surface area contributed by atoms with Gasteiger partial charge in [-0.3, -0.25) is 0 Å². The van der Waals surface area contributed by atoms with Crippen LogP contribution in [0, 0.1) is 5.92 Å². The number of halogens is 1. The third kappa shape index (κ3) is 3.50. The molecule has 3 rings (SSSR count). The van der Waals surface area contributed by atoms with Gasteiger partial charge in [0.25, 0.3) is 0 Å². The molecule has 2 aliphatic rings. The summed E-state index contributed by atoms with van der Waals surface area (Å²) in [5.41, 5.74) is 6.71. The number of rotatable bonds is 4. The number of pyridine rings is 1. The predicted octanol–water partition coefficient (Wildman–Crippen LogP) is 2.51. The Morgan fingerprint density at radius 3 is 2.57 bits per heavy atom. The van der Waals surface area contributed by atoms with Crippen molar-refractivity contribution < 1.29 is 0 Å². The van der Waals surface area contributed by atoms with Crippen LogP contribution in [-0.4, -0.2) is 42.6 Å². The summed E-state index contributed by atoms with van der Waals surface area (Å²) in [7, 11) is 0. The van der Waals surface area contributed by atoms with Gasteiger partial charge in [0.2, 0.25) is 0 Å². The standard InChI is InChI=1S/C16H25ClN4/c17-15-14(11-18)3-6-19-16(15)21-9-4-13(5-10-21)12-20-7-1-2-8-20/h3,6,13H,1-2,4-5,7-12,18H2. The van der Waals surface area contributed by atoms with E-state index in [2.05, 4.69) is 14.8 Å². The maximum Gasteiger partial charge on any atom is 0.147 e. The van der Waals surface area contributed by atoms with Crippen LogP contribution in [0.25, 0.3) is 0 Å².